The maximum absolute atomic E-state index is 10.3. The van der Waals surface area contributed by atoms with Crippen molar-refractivity contribution in [1.82, 2.24) is 4.98 Å². The molecule has 5 nitrogen and oxygen atoms in total. The van der Waals surface area contributed by atoms with Crippen LogP contribution < -0.4 is 10.2 Å². The van der Waals surface area contributed by atoms with Crippen molar-refractivity contribution in [3.05, 3.63) is 54.2 Å². The Hall–Kier alpha value is -1.89. The van der Waals surface area contributed by atoms with Crippen LogP contribution in [0.2, 0.25) is 0 Å². The molecule has 1 aromatic heterocycles. The molecule has 24 heavy (non-hydrogen) atoms. The van der Waals surface area contributed by atoms with E-state index in [-0.39, 0.29) is 0 Å². The fourth-order valence-electron chi connectivity index (χ4n) is 1.88. The summed E-state index contributed by atoms with van der Waals surface area (Å²) in [5.41, 5.74) is -0.482. The van der Waals surface area contributed by atoms with Gasteiger partial charge in [-0.05, 0) is 44.8 Å². The molecular formula is C18H24BNO4. The fraction of sp³-hybridized carbons (Fsp3) is 0.389. The maximum Gasteiger partial charge on any atom is 0.491 e. The molecular weight excluding hydrogens is 305 g/mol. The van der Waals surface area contributed by atoms with Crippen LogP contribution in [0.5, 0.6) is 5.88 Å². The van der Waals surface area contributed by atoms with Crippen LogP contribution in [-0.2, 0) is 11.3 Å². The molecule has 1 aromatic carbocycles. The number of aliphatic hydroxyl groups is 1. The Morgan fingerprint density at radius 2 is 1.75 bits per heavy atom. The van der Waals surface area contributed by atoms with E-state index in [0.717, 1.165) is 5.56 Å². The molecule has 0 saturated heterocycles. The molecule has 0 aliphatic rings. The van der Waals surface area contributed by atoms with E-state index in [2.05, 4.69) is 4.98 Å². The minimum atomic E-state index is -1.19. The summed E-state index contributed by atoms with van der Waals surface area (Å²) in [7, 11) is -1.19. The predicted molar refractivity (Wildman–Crippen MR) is 94.1 cm³/mol. The third kappa shape index (κ3) is 4.80. The van der Waals surface area contributed by atoms with Gasteiger partial charge in [-0.1, -0.05) is 30.3 Å². The van der Waals surface area contributed by atoms with Crippen LogP contribution in [0.1, 0.15) is 33.3 Å². The molecule has 0 atom stereocenters. The van der Waals surface area contributed by atoms with Gasteiger partial charge in [-0.25, -0.2) is 4.98 Å². The quantitative estimate of drug-likeness (QED) is 0.760. The number of rotatable bonds is 7. The lowest BCUT2D eigenvalue weighted by molar-refractivity contribution is -0.0982. The second-order valence-corrected chi connectivity index (χ2v) is 6.74. The molecule has 2 aromatic rings. The van der Waals surface area contributed by atoms with E-state index in [4.69, 9.17) is 9.39 Å². The van der Waals surface area contributed by atoms with Crippen LogP contribution in [0.15, 0.2) is 48.7 Å². The van der Waals surface area contributed by atoms with Gasteiger partial charge >= 0.3 is 7.12 Å². The SMILES string of the molecule is CC(C)(O)C(C)(C)OB(O)c1ccnc(OCc2ccccc2)c1. The lowest BCUT2D eigenvalue weighted by Gasteiger charge is -2.38. The average Bonchev–Trinajstić information content (AvgIpc) is 2.53. The molecule has 0 aliphatic heterocycles. The summed E-state index contributed by atoms with van der Waals surface area (Å²) in [4.78, 5) is 4.14. The van der Waals surface area contributed by atoms with Crippen molar-refractivity contribution >= 4 is 12.6 Å². The number of hydrogen-bond acceptors (Lipinski definition) is 5. The van der Waals surface area contributed by atoms with Crippen LogP contribution in [0.3, 0.4) is 0 Å². The molecule has 0 aliphatic carbocycles. The third-order valence-corrected chi connectivity index (χ3v) is 4.15. The van der Waals surface area contributed by atoms with Crippen molar-refractivity contribution in [2.24, 2.45) is 0 Å². The van der Waals surface area contributed by atoms with E-state index in [9.17, 15) is 10.1 Å². The summed E-state index contributed by atoms with van der Waals surface area (Å²) in [6, 6.07) is 13.0. The monoisotopic (exact) mass is 329 g/mol. The van der Waals surface area contributed by atoms with Gasteiger partial charge in [0.2, 0.25) is 5.88 Å². The minimum absolute atomic E-state index is 0.392. The van der Waals surface area contributed by atoms with Gasteiger partial charge in [0.1, 0.15) is 6.61 Å². The summed E-state index contributed by atoms with van der Waals surface area (Å²) in [5.74, 6) is 0.403. The van der Waals surface area contributed by atoms with Gasteiger partial charge in [0.15, 0.2) is 0 Å². The lowest BCUT2D eigenvalue weighted by Crippen LogP contribution is -2.53. The first-order valence-corrected chi connectivity index (χ1v) is 7.90. The Balaban J connectivity index is 2.04. The minimum Gasteiger partial charge on any atom is -0.473 e. The molecule has 0 amide bonds. The molecule has 0 fully saturated rings. The largest absolute Gasteiger partial charge is 0.491 e. The van der Waals surface area contributed by atoms with Crippen LogP contribution in [0.25, 0.3) is 0 Å². The van der Waals surface area contributed by atoms with Gasteiger partial charge in [-0.15, -0.1) is 0 Å². The number of benzene rings is 1. The molecule has 6 heteroatoms. The zero-order chi connectivity index (χ0) is 17.8. The molecule has 0 bridgehead atoms. The van der Waals surface area contributed by atoms with Crippen molar-refractivity contribution in [1.29, 1.82) is 0 Å². The van der Waals surface area contributed by atoms with E-state index >= 15 is 0 Å². The van der Waals surface area contributed by atoms with E-state index in [0.29, 0.717) is 17.9 Å². The highest BCUT2D eigenvalue weighted by molar-refractivity contribution is 6.60. The Morgan fingerprint density at radius 1 is 1.08 bits per heavy atom. The highest BCUT2D eigenvalue weighted by Crippen LogP contribution is 2.25. The summed E-state index contributed by atoms with van der Waals surface area (Å²) in [6.45, 7) is 7.12. The van der Waals surface area contributed by atoms with Crippen molar-refractivity contribution in [3.8, 4) is 5.88 Å². The van der Waals surface area contributed by atoms with E-state index < -0.39 is 18.3 Å². The van der Waals surface area contributed by atoms with Crippen molar-refractivity contribution < 1.29 is 19.5 Å². The normalized spacial score (nSPS) is 12.1. The number of aromatic nitrogens is 1. The number of nitrogens with zero attached hydrogens (tertiary/aromatic N) is 1. The molecule has 2 rings (SSSR count). The number of ether oxygens (including phenoxy) is 1. The van der Waals surface area contributed by atoms with Crippen LogP contribution in [0, 0.1) is 0 Å². The van der Waals surface area contributed by atoms with E-state index in [1.807, 2.05) is 30.3 Å². The second-order valence-electron chi connectivity index (χ2n) is 6.74. The van der Waals surface area contributed by atoms with Gasteiger partial charge < -0.3 is 19.5 Å². The molecule has 2 N–H and O–H groups in total. The Morgan fingerprint density at radius 3 is 2.38 bits per heavy atom. The van der Waals surface area contributed by atoms with Gasteiger partial charge in [0, 0.05) is 12.3 Å². The predicted octanol–water partition coefficient (Wildman–Crippen LogP) is 1.91. The van der Waals surface area contributed by atoms with Gasteiger partial charge in [0.05, 0.1) is 11.2 Å². The van der Waals surface area contributed by atoms with Crippen molar-refractivity contribution in [2.45, 2.75) is 45.5 Å². The summed E-state index contributed by atoms with van der Waals surface area (Å²) in [5, 5.41) is 20.4. The topological polar surface area (TPSA) is 71.8 Å². The average molecular weight is 329 g/mol. The highest BCUT2D eigenvalue weighted by Gasteiger charge is 2.39. The Kier molecular flexibility index (Phi) is 5.64. The number of pyridine rings is 1. The Labute approximate surface area is 143 Å². The zero-order valence-corrected chi connectivity index (χ0v) is 14.6. The lowest BCUT2D eigenvalue weighted by atomic mass is 9.77. The standard InChI is InChI=1S/C18H24BNO4/c1-17(2,21)18(3,4)24-19(22)15-10-11-20-16(12-15)23-13-14-8-6-5-7-9-14/h5-12,21-22H,13H2,1-4H3. The first-order chi connectivity index (χ1) is 11.2. The van der Waals surface area contributed by atoms with Gasteiger partial charge in [0.25, 0.3) is 0 Å². The van der Waals surface area contributed by atoms with Gasteiger partial charge in [-0.3, -0.25) is 0 Å². The molecule has 0 spiro atoms. The summed E-state index contributed by atoms with van der Waals surface area (Å²) in [6.07, 6.45) is 1.55. The fourth-order valence-corrected chi connectivity index (χ4v) is 1.88. The molecule has 0 saturated carbocycles. The highest BCUT2D eigenvalue weighted by atomic mass is 16.5. The van der Waals surface area contributed by atoms with E-state index in [1.54, 1.807) is 46.0 Å². The molecule has 0 unspecified atom stereocenters. The summed E-state index contributed by atoms with van der Waals surface area (Å²) >= 11 is 0. The van der Waals surface area contributed by atoms with Crippen LogP contribution in [-0.4, -0.2) is 33.4 Å². The molecule has 0 radical (unpaired) electrons. The first-order valence-electron chi connectivity index (χ1n) is 7.90. The Bertz CT molecular complexity index is 656. The first kappa shape index (κ1) is 18.5. The van der Waals surface area contributed by atoms with Crippen LogP contribution in [0.4, 0.5) is 0 Å². The molecule has 128 valence electrons. The van der Waals surface area contributed by atoms with Gasteiger partial charge in [-0.2, -0.15) is 0 Å². The van der Waals surface area contributed by atoms with Crippen molar-refractivity contribution in [3.63, 3.8) is 0 Å². The van der Waals surface area contributed by atoms with E-state index in [1.165, 1.54) is 0 Å². The second kappa shape index (κ2) is 7.34. The van der Waals surface area contributed by atoms with Crippen LogP contribution >= 0.6 is 0 Å². The maximum atomic E-state index is 10.3. The molecule has 1 heterocycles. The van der Waals surface area contributed by atoms with Crippen molar-refractivity contribution in [2.75, 3.05) is 0 Å². The third-order valence-electron chi connectivity index (χ3n) is 4.15. The number of hydrogen-bond donors (Lipinski definition) is 2. The summed E-state index contributed by atoms with van der Waals surface area (Å²) < 4.78 is 11.3. The zero-order valence-electron chi connectivity index (χ0n) is 14.6. The smallest absolute Gasteiger partial charge is 0.473 e.